The van der Waals surface area contributed by atoms with Crippen LogP contribution in [0.15, 0.2) is 91.0 Å². The quantitative estimate of drug-likeness (QED) is 0.228. The highest BCUT2D eigenvalue weighted by atomic mass is 32.1. The summed E-state index contributed by atoms with van der Waals surface area (Å²) in [4.78, 5) is 26.7. The molecule has 0 bridgehead atoms. The van der Waals surface area contributed by atoms with Crippen molar-refractivity contribution in [2.45, 2.75) is 13.0 Å². The summed E-state index contributed by atoms with van der Waals surface area (Å²) >= 11 is 5.13. The van der Waals surface area contributed by atoms with Gasteiger partial charge < -0.3 is 4.74 Å². The van der Waals surface area contributed by atoms with E-state index in [9.17, 15) is 14.0 Å². The van der Waals surface area contributed by atoms with Crippen LogP contribution in [0.5, 0.6) is 5.75 Å². The molecule has 0 saturated carbocycles. The zero-order valence-corrected chi connectivity index (χ0v) is 19.0. The Morgan fingerprint density at radius 3 is 2.50 bits per heavy atom. The van der Waals surface area contributed by atoms with Crippen molar-refractivity contribution >= 4 is 40.9 Å². The molecule has 1 aliphatic rings. The Morgan fingerprint density at radius 1 is 1.03 bits per heavy atom. The molecule has 0 atom stereocenters. The number of carbonyl (C=O) groups excluding carboxylic acids is 2. The van der Waals surface area contributed by atoms with Crippen molar-refractivity contribution in [2.24, 2.45) is 0 Å². The lowest BCUT2D eigenvalue weighted by molar-refractivity contribution is -0.122. The van der Waals surface area contributed by atoms with Gasteiger partial charge in [0.05, 0.1) is 5.69 Å². The van der Waals surface area contributed by atoms with E-state index >= 15 is 0 Å². The first-order valence-electron chi connectivity index (χ1n) is 10.5. The van der Waals surface area contributed by atoms with Gasteiger partial charge in [-0.25, -0.2) is 9.29 Å². The lowest BCUT2D eigenvalue weighted by Gasteiger charge is -2.29. The molecule has 1 heterocycles. The number of hydrogen-bond acceptors (Lipinski definition) is 4. The maximum absolute atomic E-state index is 14.3. The van der Waals surface area contributed by atoms with Crippen molar-refractivity contribution in [1.82, 2.24) is 5.32 Å². The molecule has 170 valence electrons. The van der Waals surface area contributed by atoms with Gasteiger partial charge >= 0.3 is 0 Å². The molecular formula is C27H21FN2O3S. The highest BCUT2D eigenvalue weighted by Crippen LogP contribution is 2.27. The largest absolute Gasteiger partial charge is 0.489 e. The van der Waals surface area contributed by atoms with Crippen LogP contribution in [0.4, 0.5) is 10.1 Å². The molecule has 3 aromatic carbocycles. The maximum Gasteiger partial charge on any atom is 0.270 e. The summed E-state index contributed by atoms with van der Waals surface area (Å²) in [5.74, 6) is -1.29. The van der Waals surface area contributed by atoms with Crippen molar-refractivity contribution in [3.05, 3.63) is 114 Å². The van der Waals surface area contributed by atoms with Crippen LogP contribution in [0.1, 0.15) is 16.7 Å². The molecule has 7 heteroatoms. The van der Waals surface area contributed by atoms with E-state index in [1.54, 1.807) is 24.3 Å². The molecule has 1 fully saturated rings. The minimum Gasteiger partial charge on any atom is -0.489 e. The van der Waals surface area contributed by atoms with Gasteiger partial charge in [-0.1, -0.05) is 54.6 Å². The smallest absolute Gasteiger partial charge is 0.270 e. The van der Waals surface area contributed by atoms with Crippen LogP contribution < -0.4 is 15.0 Å². The standard InChI is InChI=1S/C27H21FN2O3S/c1-2-8-20-15-19(13-14-24(20)33-17-18-9-4-3-5-10-18)16-21-25(31)29-27(34)30(26(21)32)23-12-7-6-11-22(23)28/h2-7,9-16H,1,8,17H2,(H,29,31,34)/b21-16+. The molecule has 0 aromatic heterocycles. The van der Waals surface area contributed by atoms with Gasteiger partial charge in [0.2, 0.25) is 0 Å². The molecule has 0 spiro atoms. The van der Waals surface area contributed by atoms with Gasteiger partial charge in [-0.3, -0.25) is 14.9 Å². The molecule has 2 amide bonds. The van der Waals surface area contributed by atoms with Gasteiger partial charge in [-0.15, -0.1) is 6.58 Å². The molecular weight excluding hydrogens is 451 g/mol. The number of ether oxygens (including phenoxy) is 1. The summed E-state index contributed by atoms with van der Waals surface area (Å²) in [7, 11) is 0. The van der Waals surface area contributed by atoms with Gasteiger partial charge in [-0.05, 0) is 65.7 Å². The normalized spacial score (nSPS) is 14.8. The Hall–Kier alpha value is -4.10. The van der Waals surface area contributed by atoms with Crippen LogP contribution in [0.2, 0.25) is 0 Å². The van der Waals surface area contributed by atoms with Crippen LogP contribution in [0, 0.1) is 5.82 Å². The molecule has 0 aliphatic carbocycles. The number of anilines is 1. The van der Waals surface area contributed by atoms with E-state index in [0.29, 0.717) is 24.3 Å². The summed E-state index contributed by atoms with van der Waals surface area (Å²) in [6.45, 7) is 4.20. The monoisotopic (exact) mass is 472 g/mol. The predicted octanol–water partition coefficient (Wildman–Crippen LogP) is 4.96. The SMILES string of the molecule is C=CCc1cc(/C=C2\C(=O)NC(=S)N(c3ccccc3F)C2=O)ccc1OCc1ccccc1. The molecule has 1 aliphatic heterocycles. The van der Waals surface area contributed by atoms with Gasteiger partial charge in [0.25, 0.3) is 11.8 Å². The third-order valence-corrected chi connectivity index (χ3v) is 5.48. The Labute approximate surface area is 202 Å². The fraction of sp³-hybridized carbons (Fsp3) is 0.0741. The highest BCUT2D eigenvalue weighted by molar-refractivity contribution is 7.80. The second-order valence-corrected chi connectivity index (χ2v) is 7.93. The summed E-state index contributed by atoms with van der Waals surface area (Å²) in [5.41, 5.74) is 2.32. The van der Waals surface area contributed by atoms with Crippen LogP contribution in [0.3, 0.4) is 0 Å². The van der Waals surface area contributed by atoms with Crippen molar-refractivity contribution in [1.29, 1.82) is 0 Å². The second-order valence-electron chi connectivity index (χ2n) is 7.54. The molecule has 1 N–H and O–H groups in total. The van der Waals surface area contributed by atoms with Crippen molar-refractivity contribution < 1.29 is 18.7 Å². The minimum atomic E-state index is -0.700. The lowest BCUT2D eigenvalue weighted by atomic mass is 10.0. The first-order chi connectivity index (χ1) is 16.5. The first kappa shape index (κ1) is 23.1. The van der Waals surface area contributed by atoms with Crippen LogP contribution >= 0.6 is 12.2 Å². The highest BCUT2D eigenvalue weighted by Gasteiger charge is 2.35. The van der Waals surface area contributed by atoms with Crippen molar-refractivity contribution in [3.8, 4) is 5.75 Å². The number of hydrogen-bond donors (Lipinski definition) is 1. The van der Waals surface area contributed by atoms with Crippen molar-refractivity contribution in [3.63, 3.8) is 0 Å². The minimum absolute atomic E-state index is 0.0274. The van der Waals surface area contributed by atoms with Crippen LogP contribution in [-0.2, 0) is 22.6 Å². The fourth-order valence-corrected chi connectivity index (χ4v) is 3.83. The van der Waals surface area contributed by atoms with Gasteiger partial charge in [0, 0.05) is 0 Å². The zero-order chi connectivity index (χ0) is 24.1. The summed E-state index contributed by atoms with van der Waals surface area (Å²) in [6, 6.07) is 20.9. The molecule has 5 nitrogen and oxygen atoms in total. The number of rotatable bonds is 7. The third kappa shape index (κ3) is 4.94. The Kier molecular flexibility index (Phi) is 6.94. The van der Waals surface area contributed by atoms with E-state index < -0.39 is 17.6 Å². The Morgan fingerprint density at radius 2 is 1.76 bits per heavy atom. The Bertz CT molecular complexity index is 1300. The molecule has 0 unspecified atom stereocenters. The number of nitrogens with zero attached hydrogens (tertiary/aromatic N) is 1. The number of allylic oxidation sites excluding steroid dienone is 1. The Balaban J connectivity index is 1.64. The third-order valence-electron chi connectivity index (χ3n) is 5.19. The summed E-state index contributed by atoms with van der Waals surface area (Å²) in [5, 5.41) is 2.30. The van der Waals surface area contributed by atoms with Crippen LogP contribution in [0.25, 0.3) is 6.08 Å². The summed E-state index contributed by atoms with van der Waals surface area (Å²) < 4.78 is 20.3. The number of para-hydroxylation sites is 1. The average molecular weight is 473 g/mol. The van der Waals surface area contributed by atoms with E-state index in [4.69, 9.17) is 17.0 Å². The predicted molar refractivity (Wildman–Crippen MR) is 134 cm³/mol. The number of halogens is 1. The number of carbonyl (C=O) groups is 2. The van der Waals surface area contributed by atoms with Crippen LogP contribution in [-0.4, -0.2) is 16.9 Å². The van der Waals surface area contributed by atoms with E-state index in [1.807, 2.05) is 36.4 Å². The second kappa shape index (κ2) is 10.2. The molecule has 4 rings (SSSR count). The molecule has 3 aromatic rings. The van der Waals surface area contributed by atoms with E-state index in [-0.39, 0.29) is 16.4 Å². The number of amides is 2. The lowest BCUT2D eigenvalue weighted by Crippen LogP contribution is -2.54. The molecule has 34 heavy (non-hydrogen) atoms. The van der Waals surface area contributed by atoms with Gasteiger partial charge in [-0.2, -0.15) is 0 Å². The number of nitrogens with one attached hydrogen (secondary N) is 1. The summed E-state index contributed by atoms with van der Waals surface area (Å²) in [6.07, 6.45) is 3.74. The van der Waals surface area contributed by atoms with E-state index in [0.717, 1.165) is 16.0 Å². The van der Waals surface area contributed by atoms with Crippen molar-refractivity contribution in [2.75, 3.05) is 4.90 Å². The van der Waals surface area contributed by atoms with E-state index in [2.05, 4.69) is 11.9 Å². The number of benzene rings is 3. The fourth-order valence-electron chi connectivity index (χ4n) is 3.56. The zero-order valence-electron chi connectivity index (χ0n) is 18.2. The topological polar surface area (TPSA) is 58.6 Å². The van der Waals surface area contributed by atoms with E-state index in [1.165, 1.54) is 24.3 Å². The van der Waals surface area contributed by atoms with Gasteiger partial charge in [0.1, 0.15) is 23.7 Å². The molecule has 0 radical (unpaired) electrons. The first-order valence-corrected chi connectivity index (χ1v) is 11.0. The number of thiocarbonyl (C=S) groups is 1. The van der Waals surface area contributed by atoms with Gasteiger partial charge in [0.15, 0.2) is 5.11 Å². The average Bonchev–Trinajstić information content (AvgIpc) is 2.83. The molecule has 1 saturated heterocycles. The maximum atomic E-state index is 14.3.